The van der Waals surface area contributed by atoms with Gasteiger partial charge < -0.3 is 11.1 Å². The summed E-state index contributed by atoms with van der Waals surface area (Å²) in [6.07, 6.45) is 0.959. The smallest absolute Gasteiger partial charge is 0.245 e. The van der Waals surface area contributed by atoms with Crippen molar-refractivity contribution in [3.8, 4) is 0 Å². The molecule has 0 fully saturated rings. The van der Waals surface area contributed by atoms with Gasteiger partial charge in [-0.25, -0.2) is 12.8 Å². The molecule has 0 aromatic heterocycles. The second-order valence-electron chi connectivity index (χ2n) is 4.75. The Hall–Kier alpha value is -1.47. The molecule has 0 bridgehead atoms. The maximum Gasteiger partial charge on any atom is 0.245 e. The number of anilines is 1. The van der Waals surface area contributed by atoms with Crippen LogP contribution in [0, 0.1) is 5.82 Å². The molecule has 0 saturated carbocycles. The number of nitrogens with two attached hydrogens (primary N) is 1. The average molecular weight is 288 g/mol. The normalized spacial score (nSPS) is 12.3. The monoisotopic (exact) mass is 288 g/mol. The highest BCUT2D eigenvalue weighted by molar-refractivity contribution is 7.92. The lowest BCUT2D eigenvalue weighted by molar-refractivity contribution is -0.117. The molecule has 1 aromatic carbocycles. The van der Waals surface area contributed by atoms with Crippen LogP contribution in [0.2, 0.25) is 0 Å². The Morgan fingerprint density at radius 2 is 2.00 bits per heavy atom. The van der Waals surface area contributed by atoms with Gasteiger partial charge in [0.05, 0.1) is 5.69 Å². The maximum atomic E-state index is 13.7. The summed E-state index contributed by atoms with van der Waals surface area (Å²) in [6.45, 7) is 2.72. The SMILES string of the molecule is CC(C)(C(=O)Nc1ccc(CN)cc1F)S(C)(=O)=O. The molecule has 5 nitrogen and oxygen atoms in total. The van der Waals surface area contributed by atoms with Crippen LogP contribution < -0.4 is 11.1 Å². The van der Waals surface area contributed by atoms with Gasteiger partial charge in [0.15, 0.2) is 9.84 Å². The van der Waals surface area contributed by atoms with Gasteiger partial charge in [0, 0.05) is 12.8 Å². The summed E-state index contributed by atoms with van der Waals surface area (Å²) in [7, 11) is -3.60. The zero-order chi connectivity index (χ0) is 14.8. The highest BCUT2D eigenvalue weighted by Gasteiger charge is 2.38. The maximum absolute atomic E-state index is 13.7. The summed E-state index contributed by atoms with van der Waals surface area (Å²) in [6, 6.07) is 4.11. The standard InChI is InChI=1S/C12H17FN2O3S/c1-12(2,19(3,17)18)11(16)15-10-5-4-8(7-14)6-9(10)13/h4-6H,7,14H2,1-3H3,(H,15,16). The van der Waals surface area contributed by atoms with Crippen LogP contribution in [0.25, 0.3) is 0 Å². The minimum atomic E-state index is -3.60. The van der Waals surface area contributed by atoms with Crippen molar-refractivity contribution in [3.05, 3.63) is 29.6 Å². The molecular weight excluding hydrogens is 271 g/mol. The Balaban J connectivity index is 3.01. The largest absolute Gasteiger partial charge is 0.326 e. The summed E-state index contributed by atoms with van der Waals surface area (Å²) >= 11 is 0. The first-order chi connectivity index (χ1) is 8.59. The predicted molar refractivity (Wildman–Crippen MR) is 71.8 cm³/mol. The van der Waals surface area contributed by atoms with E-state index >= 15 is 0 Å². The van der Waals surface area contributed by atoms with E-state index in [2.05, 4.69) is 5.32 Å². The molecule has 0 atom stereocenters. The summed E-state index contributed by atoms with van der Waals surface area (Å²) in [5.74, 6) is -1.44. The van der Waals surface area contributed by atoms with Gasteiger partial charge in [0.2, 0.25) is 5.91 Å². The highest BCUT2D eigenvalue weighted by Crippen LogP contribution is 2.21. The van der Waals surface area contributed by atoms with Crippen molar-refractivity contribution in [1.29, 1.82) is 0 Å². The number of carbonyl (C=O) groups is 1. The number of amides is 1. The van der Waals surface area contributed by atoms with Gasteiger partial charge in [-0.2, -0.15) is 0 Å². The van der Waals surface area contributed by atoms with E-state index in [1.807, 2.05) is 0 Å². The molecule has 0 unspecified atom stereocenters. The molecule has 1 aromatic rings. The van der Waals surface area contributed by atoms with Gasteiger partial charge in [-0.15, -0.1) is 0 Å². The lowest BCUT2D eigenvalue weighted by atomic mass is 10.1. The van der Waals surface area contributed by atoms with Gasteiger partial charge in [-0.3, -0.25) is 4.79 Å². The zero-order valence-corrected chi connectivity index (χ0v) is 11.8. The minimum absolute atomic E-state index is 0.0704. The third kappa shape index (κ3) is 3.30. The van der Waals surface area contributed by atoms with E-state index in [-0.39, 0.29) is 12.2 Å². The summed E-state index contributed by atoms with van der Waals surface area (Å²) in [5.41, 5.74) is 5.87. The Bertz CT molecular complexity index is 597. The molecule has 1 rings (SSSR count). The topological polar surface area (TPSA) is 89.3 Å². The van der Waals surface area contributed by atoms with E-state index in [4.69, 9.17) is 5.73 Å². The highest BCUT2D eigenvalue weighted by atomic mass is 32.2. The molecule has 0 radical (unpaired) electrons. The molecule has 0 aliphatic rings. The van der Waals surface area contributed by atoms with Gasteiger partial charge >= 0.3 is 0 Å². The molecular formula is C12H17FN2O3S. The number of rotatable bonds is 4. The fourth-order valence-electron chi connectivity index (χ4n) is 1.23. The van der Waals surface area contributed by atoms with Crippen molar-refractivity contribution in [2.45, 2.75) is 25.1 Å². The van der Waals surface area contributed by atoms with E-state index < -0.39 is 26.3 Å². The van der Waals surface area contributed by atoms with Crippen LogP contribution in [0.15, 0.2) is 18.2 Å². The van der Waals surface area contributed by atoms with Crippen molar-refractivity contribution in [3.63, 3.8) is 0 Å². The number of benzene rings is 1. The zero-order valence-electron chi connectivity index (χ0n) is 11.0. The molecule has 0 aliphatic heterocycles. The molecule has 7 heteroatoms. The molecule has 0 spiro atoms. The van der Waals surface area contributed by atoms with E-state index in [0.29, 0.717) is 5.56 Å². The number of hydrogen-bond acceptors (Lipinski definition) is 4. The third-order valence-corrected chi connectivity index (χ3v) is 5.03. The lowest BCUT2D eigenvalue weighted by Gasteiger charge is -2.21. The van der Waals surface area contributed by atoms with Gasteiger partial charge in [0.1, 0.15) is 10.6 Å². The Kier molecular flexibility index (Phi) is 4.32. The van der Waals surface area contributed by atoms with Crippen LogP contribution in [-0.4, -0.2) is 25.3 Å². The van der Waals surface area contributed by atoms with Crippen LogP contribution in [0.5, 0.6) is 0 Å². The molecule has 19 heavy (non-hydrogen) atoms. The molecule has 0 saturated heterocycles. The number of sulfone groups is 1. The number of carbonyl (C=O) groups excluding carboxylic acids is 1. The van der Waals surface area contributed by atoms with Crippen molar-refractivity contribution in [1.82, 2.24) is 0 Å². The van der Waals surface area contributed by atoms with Crippen LogP contribution >= 0.6 is 0 Å². The fraction of sp³-hybridized carbons (Fsp3) is 0.417. The van der Waals surface area contributed by atoms with Gasteiger partial charge in [0.25, 0.3) is 0 Å². The quantitative estimate of drug-likeness (QED) is 0.866. The lowest BCUT2D eigenvalue weighted by Crippen LogP contribution is -2.44. The summed E-state index contributed by atoms with van der Waals surface area (Å²) in [4.78, 5) is 11.9. The van der Waals surface area contributed by atoms with Crippen LogP contribution in [0.3, 0.4) is 0 Å². The first-order valence-corrected chi connectivity index (χ1v) is 7.48. The van der Waals surface area contributed by atoms with E-state index in [9.17, 15) is 17.6 Å². The second-order valence-corrected chi connectivity index (χ2v) is 7.32. The predicted octanol–water partition coefficient (Wildman–Crippen LogP) is 1.05. The van der Waals surface area contributed by atoms with Crippen molar-refractivity contribution < 1.29 is 17.6 Å². The Morgan fingerprint density at radius 1 is 1.42 bits per heavy atom. The third-order valence-electron chi connectivity index (χ3n) is 2.99. The van der Waals surface area contributed by atoms with E-state index in [1.54, 1.807) is 6.07 Å². The minimum Gasteiger partial charge on any atom is -0.326 e. The van der Waals surface area contributed by atoms with Crippen LogP contribution in [-0.2, 0) is 21.2 Å². The van der Waals surface area contributed by atoms with Crippen LogP contribution in [0.4, 0.5) is 10.1 Å². The number of halogens is 1. The molecule has 3 N–H and O–H groups in total. The van der Waals surface area contributed by atoms with E-state index in [1.165, 1.54) is 26.0 Å². The van der Waals surface area contributed by atoms with Crippen molar-refractivity contribution in [2.75, 3.05) is 11.6 Å². The molecule has 0 heterocycles. The van der Waals surface area contributed by atoms with Crippen molar-refractivity contribution in [2.24, 2.45) is 5.73 Å². The van der Waals surface area contributed by atoms with Crippen LogP contribution in [0.1, 0.15) is 19.4 Å². The molecule has 0 aliphatic carbocycles. The second kappa shape index (κ2) is 5.26. The Morgan fingerprint density at radius 3 is 2.42 bits per heavy atom. The first kappa shape index (κ1) is 15.6. The number of nitrogens with one attached hydrogen (secondary N) is 1. The van der Waals surface area contributed by atoms with Gasteiger partial charge in [-0.05, 0) is 31.5 Å². The summed E-state index contributed by atoms with van der Waals surface area (Å²) < 4.78 is 35.0. The van der Waals surface area contributed by atoms with Crippen molar-refractivity contribution >= 4 is 21.4 Å². The Labute approximate surface area is 111 Å². The van der Waals surface area contributed by atoms with Gasteiger partial charge in [-0.1, -0.05) is 6.07 Å². The average Bonchev–Trinajstić information content (AvgIpc) is 2.30. The first-order valence-electron chi connectivity index (χ1n) is 5.59. The number of hydrogen-bond donors (Lipinski definition) is 2. The van der Waals surface area contributed by atoms with E-state index in [0.717, 1.165) is 6.26 Å². The fourth-order valence-corrected chi connectivity index (χ4v) is 1.62. The summed E-state index contributed by atoms with van der Waals surface area (Å²) in [5, 5.41) is 2.27. The molecule has 1 amide bonds. The molecule has 106 valence electrons.